The average molecular weight is 414 g/mol. The lowest BCUT2D eigenvalue weighted by molar-refractivity contribution is -0.119. The number of carbonyl (C=O) groups is 1. The summed E-state index contributed by atoms with van der Waals surface area (Å²) in [7, 11) is 0. The van der Waals surface area contributed by atoms with Crippen molar-refractivity contribution >= 4 is 17.4 Å². The predicted octanol–water partition coefficient (Wildman–Crippen LogP) is 4.43. The molecule has 29 heavy (non-hydrogen) atoms. The molecule has 0 N–H and O–H groups in total. The van der Waals surface area contributed by atoms with Crippen LogP contribution in [0.3, 0.4) is 0 Å². The van der Waals surface area contributed by atoms with Crippen LogP contribution < -0.4 is 5.69 Å². The zero-order valence-corrected chi connectivity index (χ0v) is 16.6. The minimum Gasteiger partial charge on any atom is -0.298 e. The lowest BCUT2D eigenvalue weighted by Crippen LogP contribution is -2.27. The van der Waals surface area contributed by atoms with Crippen molar-refractivity contribution in [3.8, 4) is 11.4 Å². The van der Waals surface area contributed by atoms with Gasteiger partial charge in [-0.1, -0.05) is 29.8 Å². The molecule has 150 valence electrons. The van der Waals surface area contributed by atoms with Crippen LogP contribution in [0.5, 0.6) is 0 Å². The summed E-state index contributed by atoms with van der Waals surface area (Å²) in [6, 6.07) is 13.9. The minimum atomic E-state index is -0.264. The Bertz CT molecular complexity index is 1080. The van der Waals surface area contributed by atoms with E-state index in [0.717, 1.165) is 18.4 Å². The van der Waals surface area contributed by atoms with E-state index in [9.17, 15) is 14.0 Å². The molecule has 1 fully saturated rings. The topological polar surface area (TPSA) is 56.9 Å². The molecule has 1 saturated carbocycles. The molecule has 1 heterocycles. The molecular weight excluding hydrogens is 393 g/mol. The van der Waals surface area contributed by atoms with Crippen LogP contribution in [0.25, 0.3) is 11.4 Å². The third-order valence-corrected chi connectivity index (χ3v) is 5.32. The Hall–Kier alpha value is -2.73. The first-order chi connectivity index (χ1) is 14.0. The Labute approximate surface area is 172 Å². The van der Waals surface area contributed by atoms with Crippen LogP contribution in [0.4, 0.5) is 4.39 Å². The molecule has 0 aliphatic heterocycles. The maximum atomic E-state index is 13.7. The fourth-order valence-corrected chi connectivity index (χ4v) is 3.53. The van der Waals surface area contributed by atoms with Crippen LogP contribution in [0.2, 0.25) is 5.02 Å². The van der Waals surface area contributed by atoms with E-state index in [1.165, 1.54) is 10.7 Å². The zero-order valence-electron chi connectivity index (χ0n) is 15.9. The van der Waals surface area contributed by atoms with Crippen LogP contribution in [0.15, 0.2) is 53.3 Å². The van der Waals surface area contributed by atoms with Crippen LogP contribution in [0.1, 0.15) is 37.3 Å². The Morgan fingerprint density at radius 1 is 1.14 bits per heavy atom. The summed E-state index contributed by atoms with van der Waals surface area (Å²) in [4.78, 5) is 25.2. The average Bonchev–Trinajstić information content (AvgIpc) is 3.49. The largest absolute Gasteiger partial charge is 0.346 e. The summed E-state index contributed by atoms with van der Waals surface area (Å²) in [6.07, 6.45) is 3.15. The van der Waals surface area contributed by atoms with Crippen molar-refractivity contribution in [1.82, 2.24) is 14.3 Å². The molecule has 0 saturated heterocycles. The molecule has 4 rings (SSSR count). The third-order valence-electron chi connectivity index (χ3n) is 5.07. The molecule has 3 aromatic rings. The number of rotatable bonds is 8. The molecule has 2 aromatic carbocycles. The lowest BCUT2D eigenvalue weighted by Gasteiger charge is -2.03. The van der Waals surface area contributed by atoms with Gasteiger partial charge in [-0.2, -0.15) is 0 Å². The Balaban J connectivity index is 1.46. The summed E-state index contributed by atoms with van der Waals surface area (Å²) in [5.41, 5.74) is 1.13. The van der Waals surface area contributed by atoms with Crippen molar-refractivity contribution in [2.45, 2.75) is 44.7 Å². The number of aryl methyl sites for hydroxylation is 1. The van der Waals surface area contributed by atoms with Gasteiger partial charge < -0.3 is 0 Å². The molecule has 0 unspecified atom stereocenters. The number of carbonyl (C=O) groups excluding carboxylic acids is 1. The number of halogens is 2. The number of ketones is 1. The van der Waals surface area contributed by atoms with Gasteiger partial charge in [-0.05, 0) is 61.6 Å². The molecule has 1 aliphatic rings. The van der Waals surface area contributed by atoms with Crippen molar-refractivity contribution in [2.24, 2.45) is 0 Å². The van der Waals surface area contributed by atoms with Gasteiger partial charge in [0.25, 0.3) is 0 Å². The molecule has 0 amide bonds. The van der Waals surface area contributed by atoms with Gasteiger partial charge in [0.05, 0.1) is 0 Å². The third kappa shape index (κ3) is 4.48. The summed E-state index contributed by atoms with van der Waals surface area (Å²) in [5.74, 6) is 0.215. The van der Waals surface area contributed by atoms with Crippen molar-refractivity contribution in [3.63, 3.8) is 0 Å². The van der Waals surface area contributed by atoms with E-state index in [2.05, 4.69) is 5.10 Å². The lowest BCUT2D eigenvalue weighted by atomic mass is 10.1. The zero-order chi connectivity index (χ0) is 20.4. The van der Waals surface area contributed by atoms with E-state index in [-0.39, 0.29) is 36.3 Å². The number of Topliss-reactive ketones (excluding diaryl/α,β-unsaturated/α-hetero) is 1. The van der Waals surface area contributed by atoms with Crippen molar-refractivity contribution in [2.75, 3.05) is 0 Å². The fourth-order valence-electron chi connectivity index (χ4n) is 3.40. The Morgan fingerprint density at radius 3 is 2.55 bits per heavy atom. The number of nitrogens with zero attached hydrogens (tertiary/aromatic N) is 3. The molecule has 0 radical (unpaired) electrons. The highest BCUT2D eigenvalue weighted by atomic mass is 35.5. The number of hydrogen-bond donors (Lipinski definition) is 0. The van der Waals surface area contributed by atoms with Crippen LogP contribution >= 0.6 is 11.6 Å². The smallest absolute Gasteiger partial charge is 0.298 e. The predicted molar refractivity (Wildman–Crippen MR) is 110 cm³/mol. The van der Waals surface area contributed by atoms with Gasteiger partial charge in [-0.25, -0.2) is 13.9 Å². The van der Waals surface area contributed by atoms with Crippen molar-refractivity contribution in [3.05, 3.63) is 75.4 Å². The fraction of sp³-hybridized carbons (Fsp3) is 0.318. The quantitative estimate of drug-likeness (QED) is 0.549. The first-order valence-corrected chi connectivity index (χ1v) is 10.1. The molecule has 0 atom stereocenters. The van der Waals surface area contributed by atoms with Gasteiger partial charge in [0.2, 0.25) is 0 Å². The summed E-state index contributed by atoms with van der Waals surface area (Å²) in [5, 5.41) is 5.04. The van der Waals surface area contributed by atoms with Gasteiger partial charge in [-0.3, -0.25) is 9.36 Å². The van der Waals surface area contributed by atoms with E-state index < -0.39 is 0 Å². The first kappa shape index (κ1) is 19.6. The van der Waals surface area contributed by atoms with Gasteiger partial charge in [0.1, 0.15) is 12.4 Å². The second-order valence-electron chi connectivity index (χ2n) is 7.36. The molecule has 1 aliphatic carbocycles. The molecule has 7 heteroatoms. The van der Waals surface area contributed by atoms with Gasteiger partial charge in [-0.15, -0.1) is 5.10 Å². The highest BCUT2D eigenvalue weighted by molar-refractivity contribution is 6.30. The second-order valence-corrected chi connectivity index (χ2v) is 7.79. The molecule has 5 nitrogen and oxygen atoms in total. The van der Waals surface area contributed by atoms with Crippen LogP contribution in [-0.4, -0.2) is 20.1 Å². The van der Waals surface area contributed by atoms with Crippen molar-refractivity contribution in [1.29, 1.82) is 0 Å². The molecule has 1 aromatic heterocycles. The van der Waals surface area contributed by atoms with Gasteiger partial charge >= 0.3 is 5.69 Å². The number of aromatic nitrogens is 3. The molecule has 0 spiro atoms. The summed E-state index contributed by atoms with van der Waals surface area (Å²) >= 11 is 5.96. The van der Waals surface area contributed by atoms with Gasteiger partial charge in [0, 0.05) is 23.0 Å². The second kappa shape index (κ2) is 8.33. The highest BCUT2D eigenvalue weighted by Gasteiger charge is 2.30. The van der Waals surface area contributed by atoms with Gasteiger partial charge in [0.15, 0.2) is 11.6 Å². The monoisotopic (exact) mass is 413 g/mol. The summed E-state index contributed by atoms with van der Waals surface area (Å²) in [6.45, 7) is -0.0730. The van der Waals surface area contributed by atoms with Crippen LogP contribution in [0, 0.1) is 5.82 Å². The SMILES string of the molecule is O=C(CCCc1ccccc1F)Cn1nc(-c2ccc(Cl)cc2)n(C2CC2)c1=O. The Kier molecular flexibility index (Phi) is 5.62. The van der Waals surface area contributed by atoms with E-state index in [0.29, 0.717) is 29.3 Å². The molecule has 0 bridgehead atoms. The number of benzene rings is 2. The van der Waals surface area contributed by atoms with E-state index >= 15 is 0 Å². The maximum Gasteiger partial charge on any atom is 0.346 e. The number of hydrogen-bond acceptors (Lipinski definition) is 3. The minimum absolute atomic E-state index is 0.0730. The van der Waals surface area contributed by atoms with E-state index in [1.54, 1.807) is 34.9 Å². The van der Waals surface area contributed by atoms with E-state index in [4.69, 9.17) is 11.6 Å². The normalized spacial score (nSPS) is 13.6. The van der Waals surface area contributed by atoms with Crippen LogP contribution in [-0.2, 0) is 17.8 Å². The maximum absolute atomic E-state index is 13.7. The Morgan fingerprint density at radius 2 is 1.86 bits per heavy atom. The molecular formula is C22H21ClFN3O2. The first-order valence-electron chi connectivity index (χ1n) is 9.73. The standard InChI is InChI=1S/C22H21ClFN3O2/c23-17-10-8-16(9-11-17)21-25-26(22(29)27(21)18-12-13-18)14-19(28)6-3-5-15-4-1-2-7-20(15)24/h1-2,4,7-11,18H,3,5-6,12-14H2. The van der Waals surface area contributed by atoms with E-state index in [1.807, 2.05) is 12.1 Å². The summed E-state index contributed by atoms with van der Waals surface area (Å²) < 4.78 is 16.6. The highest BCUT2D eigenvalue weighted by Crippen LogP contribution is 2.36. The van der Waals surface area contributed by atoms with Crippen molar-refractivity contribution < 1.29 is 9.18 Å².